The highest BCUT2D eigenvalue weighted by molar-refractivity contribution is 6.32. The molecule has 0 amide bonds. The molecule has 100 valence electrons. The molecule has 1 aliphatic rings. The molecule has 20 heavy (non-hydrogen) atoms. The number of rotatable bonds is 3. The maximum Gasteiger partial charge on any atom is 0.0667 e. The van der Waals surface area contributed by atoms with Crippen LogP contribution in [0.25, 0.3) is 6.08 Å². The van der Waals surface area contributed by atoms with Crippen molar-refractivity contribution in [2.45, 2.75) is 18.8 Å². The summed E-state index contributed by atoms with van der Waals surface area (Å²) in [5, 5.41) is 0.786. The summed E-state index contributed by atoms with van der Waals surface area (Å²) in [6, 6.07) is 16.2. The predicted octanol–water partition coefficient (Wildman–Crippen LogP) is 5.42. The number of nitrogens with zero attached hydrogens (tertiary/aromatic N) is 1. The molecule has 2 aromatic carbocycles. The minimum Gasteiger partial charge on any atom is -0.260 e. The Morgan fingerprint density at radius 3 is 2.70 bits per heavy atom. The van der Waals surface area contributed by atoms with E-state index < -0.39 is 0 Å². The largest absolute Gasteiger partial charge is 0.260 e. The van der Waals surface area contributed by atoms with Gasteiger partial charge in [-0.15, -0.1) is 0 Å². The molecule has 0 N–H and O–H groups in total. The van der Waals surface area contributed by atoms with Crippen molar-refractivity contribution in [2.75, 3.05) is 0 Å². The number of allylic oxidation sites excluding steroid dienone is 1. The van der Waals surface area contributed by atoms with Gasteiger partial charge in [-0.2, -0.15) is 0 Å². The van der Waals surface area contributed by atoms with Gasteiger partial charge in [0.05, 0.1) is 5.69 Å². The summed E-state index contributed by atoms with van der Waals surface area (Å²) < 4.78 is 0. The third-order valence-corrected chi connectivity index (χ3v) is 4.10. The van der Waals surface area contributed by atoms with Crippen molar-refractivity contribution < 1.29 is 0 Å². The smallest absolute Gasteiger partial charge is 0.0667 e. The summed E-state index contributed by atoms with van der Waals surface area (Å²) in [5.41, 5.74) is 3.42. The minimum absolute atomic E-state index is 0.0195. The van der Waals surface area contributed by atoms with Gasteiger partial charge in [-0.05, 0) is 29.7 Å². The Labute approximate surface area is 124 Å². The van der Waals surface area contributed by atoms with Crippen LogP contribution in [0.1, 0.15) is 24.5 Å². The van der Waals surface area contributed by atoms with Gasteiger partial charge in [0.15, 0.2) is 0 Å². The van der Waals surface area contributed by atoms with Crippen molar-refractivity contribution in [1.82, 2.24) is 0 Å². The summed E-state index contributed by atoms with van der Waals surface area (Å²) in [6.45, 7) is 2.22. The van der Waals surface area contributed by atoms with Crippen LogP contribution in [0.3, 0.4) is 0 Å². The highest BCUT2D eigenvalue weighted by Gasteiger charge is 2.29. The van der Waals surface area contributed by atoms with Gasteiger partial charge in [0.1, 0.15) is 0 Å². The Morgan fingerprint density at radius 2 is 1.85 bits per heavy atom. The summed E-state index contributed by atoms with van der Waals surface area (Å²) in [5.74, 6) is 0. The van der Waals surface area contributed by atoms with Gasteiger partial charge in [-0.3, -0.25) is 4.99 Å². The van der Waals surface area contributed by atoms with Gasteiger partial charge in [-0.25, -0.2) is 0 Å². The lowest BCUT2D eigenvalue weighted by Gasteiger charge is -2.20. The molecule has 0 aromatic heterocycles. The van der Waals surface area contributed by atoms with Gasteiger partial charge < -0.3 is 0 Å². The van der Waals surface area contributed by atoms with E-state index in [4.69, 9.17) is 11.6 Å². The van der Waals surface area contributed by atoms with Crippen molar-refractivity contribution in [1.29, 1.82) is 0 Å². The van der Waals surface area contributed by atoms with Crippen molar-refractivity contribution >= 4 is 29.6 Å². The normalized spacial score (nSPS) is 20.5. The van der Waals surface area contributed by atoms with Gasteiger partial charge in [-0.1, -0.05) is 67.1 Å². The molecular formula is C18H16ClN. The average Bonchev–Trinajstić information content (AvgIpc) is 2.80. The maximum absolute atomic E-state index is 6.16. The molecule has 0 bridgehead atoms. The molecule has 0 spiro atoms. The third kappa shape index (κ3) is 2.41. The molecule has 0 aliphatic carbocycles. The first kappa shape index (κ1) is 13.1. The Kier molecular flexibility index (Phi) is 3.45. The van der Waals surface area contributed by atoms with E-state index in [1.54, 1.807) is 0 Å². The molecule has 2 aromatic rings. The van der Waals surface area contributed by atoms with Crippen molar-refractivity contribution in [2.24, 2.45) is 4.99 Å². The fourth-order valence-corrected chi connectivity index (χ4v) is 2.75. The number of halogens is 1. The summed E-state index contributed by atoms with van der Waals surface area (Å²) in [7, 11) is 0. The number of benzene rings is 2. The molecule has 0 unspecified atom stereocenters. The standard InChI is InChI=1S/C18H16ClN/c1-18(13-20-17-11-5-3-9-15(17)18)12-6-8-14-7-2-4-10-16(14)19/h2-11,13H,12H2,1H3/b8-6+/t18-/m1/s1. The van der Waals surface area contributed by atoms with Crippen LogP contribution in [0.15, 0.2) is 59.6 Å². The van der Waals surface area contributed by atoms with Crippen molar-refractivity contribution in [3.63, 3.8) is 0 Å². The number of fused-ring (bicyclic) bond motifs is 1. The second-order valence-corrected chi connectivity index (χ2v) is 5.73. The van der Waals surface area contributed by atoms with Gasteiger partial charge in [0.25, 0.3) is 0 Å². The lowest BCUT2D eigenvalue weighted by Crippen LogP contribution is -2.19. The average molecular weight is 282 g/mol. The molecule has 3 rings (SSSR count). The topological polar surface area (TPSA) is 12.4 Å². The monoisotopic (exact) mass is 281 g/mol. The lowest BCUT2D eigenvalue weighted by molar-refractivity contribution is 0.679. The second-order valence-electron chi connectivity index (χ2n) is 5.32. The summed E-state index contributed by atoms with van der Waals surface area (Å²) in [4.78, 5) is 4.51. The summed E-state index contributed by atoms with van der Waals surface area (Å²) in [6.07, 6.45) is 7.23. The Morgan fingerprint density at radius 1 is 1.10 bits per heavy atom. The molecule has 1 atom stereocenters. The first-order valence-corrected chi connectivity index (χ1v) is 7.13. The van der Waals surface area contributed by atoms with Crippen LogP contribution < -0.4 is 0 Å². The zero-order valence-corrected chi connectivity index (χ0v) is 12.1. The molecule has 1 nitrogen and oxygen atoms in total. The van der Waals surface area contributed by atoms with Gasteiger partial charge >= 0.3 is 0 Å². The van der Waals surface area contributed by atoms with Gasteiger partial charge in [0, 0.05) is 16.7 Å². The van der Waals surface area contributed by atoms with E-state index in [1.165, 1.54) is 5.56 Å². The van der Waals surface area contributed by atoms with E-state index in [-0.39, 0.29) is 5.41 Å². The second kappa shape index (κ2) is 5.26. The number of aliphatic imine (C=N–C) groups is 1. The molecule has 0 saturated heterocycles. The van der Waals surface area contributed by atoms with Crippen LogP contribution in [0.2, 0.25) is 5.02 Å². The SMILES string of the molecule is C[C@@]1(C/C=C/c2ccccc2Cl)C=Nc2ccccc21. The quantitative estimate of drug-likeness (QED) is 0.712. The lowest BCUT2D eigenvalue weighted by atomic mass is 9.81. The van der Waals surface area contributed by atoms with Crippen LogP contribution >= 0.6 is 11.6 Å². The molecule has 1 heterocycles. The molecule has 0 saturated carbocycles. The van der Waals surface area contributed by atoms with E-state index in [1.807, 2.05) is 30.3 Å². The van der Waals surface area contributed by atoms with Crippen LogP contribution in [0, 0.1) is 0 Å². The van der Waals surface area contributed by atoms with E-state index in [9.17, 15) is 0 Å². The minimum atomic E-state index is -0.0195. The molecule has 0 radical (unpaired) electrons. The van der Waals surface area contributed by atoms with E-state index in [2.05, 4.69) is 48.5 Å². The van der Waals surface area contributed by atoms with Crippen LogP contribution in [-0.2, 0) is 5.41 Å². The fraction of sp³-hybridized carbons (Fsp3) is 0.167. The zero-order chi connectivity index (χ0) is 14.0. The van der Waals surface area contributed by atoms with Crippen LogP contribution in [-0.4, -0.2) is 6.21 Å². The molecule has 2 heteroatoms. The van der Waals surface area contributed by atoms with E-state index in [0.717, 1.165) is 22.7 Å². The van der Waals surface area contributed by atoms with Gasteiger partial charge in [0.2, 0.25) is 0 Å². The Balaban J connectivity index is 1.80. The first-order chi connectivity index (χ1) is 9.69. The number of para-hydroxylation sites is 1. The maximum atomic E-state index is 6.16. The number of hydrogen-bond donors (Lipinski definition) is 0. The highest BCUT2D eigenvalue weighted by atomic mass is 35.5. The first-order valence-electron chi connectivity index (χ1n) is 6.75. The zero-order valence-electron chi connectivity index (χ0n) is 11.4. The fourth-order valence-electron chi connectivity index (χ4n) is 2.55. The molecule has 0 fully saturated rings. The Bertz CT molecular complexity index is 687. The van der Waals surface area contributed by atoms with Crippen molar-refractivity contribution in [3.05, 3.63) is 70.8 Å². The molecular weight excluding hydrogens is 266 g/mol. The van der Waals surface area contributed by atoms with E-state index in [0.29, 0.717) is 0 Å². The number of hydrogen-bond acceptors (Lipinski definition) is 1. The highest BCUT2D eigenvalue weighted by Crippen LogP contribution is 2.39. The van der Waals surface area contributed by atoms with Crippen molar-refractivity contribution in [3.8, 4) is 0 Å². The Hall–Kier alpha value is -1.86. The van der Waals surface area contributed by atoms with Crippen LogP contribution in [0.5, 0.6) is 0 Å². The summed E-state index contributed by atoms with van der Waals surface area (Å²) >= 11 is 6.16. The molecule has 1 aliphatic heterocycles. The van der Waals surface area contributed by atoms with Crippen LogP contribution in [0.4, 0.5) is 5.69 Å². The van der Waals surface area contributed by atoms with E-state index >= 15 is 0 Å². The predicted molar refractivity (Wildman–Crippen MR) is 87.0 cm³/mol. The third-order valence-electron chi connectivity index (χ3n) is 3.75.